The number of aromatic nitrogens is 2. The van der Waals surface area contributed by atoms with Crippen molar-refractivity contribution < 1.29 is 9.84 Å². The molecule has 1 heterocycles. The molecule has 0 bridgehead atoms. The first-order chi connectivity index (χ1) is 8.40. The summed E-state index contributed by atoms with van der Waals surface area (Å²) in [5.41, 5.74) is -0.127. The summed E-state index contributed by atoms with van der Waals surface area (Å²) in [6, 6.07) is 0. The third-order valence-electron chi connectivity index (χ3n) is 4.46. The van der Waals surface area contributed by atoms with E-state index < -0.39 is 11.7 Å². The molecule has 0 spiro atoms. The van der Waals surface area contributed by atoms with E-state index in [4.69, 9.17) is 4.74 Å². The largest absolute Gasteiger partial charge is 0.382 e. The van der Waals surface area contributed by atoms with Crippen LogP contribution in [-0.4, -0.2) is 27.4 Å². The number of nitrogens with zero attached hydrogens (tertiary/aromatic N) is 2. The lowest BCUT2D eigenvalue weighted by Gasteiger charge is -2.44. The Morgan fingerprint density at radius 2 is 1.94 bits per heavy atom. The van der Waals surface area contributed by atoms with Gasteiger partial charge in [-0.3, -0.25) is 0 Å². The van der Waals surface area contributed by atoms with Crippen molar-refractivity contribution in [1.82, 2.24) is 9.55 Å². The van der Waals surface area contributed by atoms with Crippen LogP contribution in [0.5, 0.6) is 0 Å². The molecule has 1 aliphatic rings. The van der Waals surface area contributed by atoms with Crippen molar-refractivity contribution in [2.75, 3.05) is 7.11 Å². The molecule has 4 heteroatoms. The van der Waals surface area contributed by atoms with Crippen molar-refractivity contribution in [2.45, 2.75) is 51.2 Å². The zero-order chi connectivity index (χ0) is 13.4. The Morgan fingerprint density at radius 1 is 1.33 bits per heavy atom. The fraction of sp³-hybridized carbons (Fsp3) is 0.786. The molecule has 18 heavy (non-hydrogen) atoms. The monoisotopic (exact) mass is 252 g/mol. The van der Waals surface area contributed by atoms with Crippen LogP contribution in [0.15, 0.2) is 12.4 Å². The number of hydrogen-bond donors (Lipinski definition) is 1. The molecular formula is C14H24N2O2. The van der Waals surface area contributed by atoms with Gasteiger partial charge in [-0.05, 0) is 31.1 Å². The van der Waals surface area contributed by atoms with Crippen LogP contribution in [0.1, 0.15) is 51.5 Å². The van der Waals surface area contributed by atoms with Crippen LogP contribution in [0, 0.1) is 5.41 Å². The van der Waals surface area contributed by atoms with Crippen LogP contribution in [0.3, 0.4) is 0 Å². The van der Waals surface area contributed by atoms with Gasteiger partial charge in [0.1, 0.15) is 17.5 Å². The number of hydrogen-bond acceptors (Lipinski definition) is 3. The van der Waals surface area contributed by atoms with Gasteiger partial charge in [0, 0.05) is 26.6 Å². The molecule has 0 aliphatic heterocycles. The van der Waals surface area contributed by atoms with Gasteiger partial charge in [0.2, 0.25) is 0 Å². The normalized spacial score (nSPS) is 23.8. The van der Waals surface area contributed by atoms with Crippen molar-refractivity contribution in [3.05, 3.63) is 18.2 Å². The molecule has 1 atom stereocenters. The molecule has 1 aliphatic carbocycles. The molecule has 0 aromatic carbocycles. The first-order valence-corrected chi connectivity index (χ1v) is 6.61. The number of ether oxygens (including phenoxy) is 1. The Bertz CT molecular complexity index is 402. The van der Waals surface area contributed by atoms with Gasteiger partial charge in [-0.25, -0.2) is 4.98 Å². The van der Waals surface area contributed by atoms with E-state index in [0.717, 1.165) is 25.7 Å². The highest BCUT2D eigenvalue weighted by molar-refractivity contribution is 5.06. The number of methoxy groups -OCH3 is 1. The summed E-state index contributed by atoms with van der Waals surface area (Å²) in [6.07, 6.45) is 6.82. The second-order valence-electron chi connectivity index (χ2n) is 6.23. The van der Waals surface area contributed by atoms with Gasteiger partial charge in [-0.15, -0.1) is 0 Å². The number of aryl methyl sites for hydroxylation is 1. The topological polar surface area (TPSA) is 47.3 Å². The summed E-state index contributed by atoms with van der Waals surface area (Å²) in [6.45, 7) is 4.56. The van der Waals surface area contributed by atoms with Crippen LogP contribution in [-0.2, 0) is 11.8 Å². The summed E-state index contributed by atoms with van der Waals surface area (Å²) >= 11 is 0. The Labute approximate surface area is 109 Å². The summed E-state index contributed by atoms with van der Waals surface area (Å²) in [7, 11) is 3.60. The molecule has 2 rings (SSSR count). The molecule has 0 saturated heterocycles. The smallest absolute Gasteiger partial charge is 0.141 e. The van der Waals surface area contributed by atoms with Crippen LogP contribution in [0.4, 0.5) is 0 Å². The number of rotatable bonds is 3. The van der Waals surface area contributed by atoms with Crippen LogP contribution >= 0.6 is 0 Å². The van der Waals surface area contributed by atoms with E-state index in [-0.39, 0.29) is 0 Å². The van der Waals surface area contributed by atoms with E-state index in [0.29, 0.717) is 11.2 Å². The summed E-state index contributed by atoms with van der Waals surface area (Å²) in [4.78, 5) is 4.25. The van der Waals surface area contributed by atoms with Crippen molar-refractivity contribution in [3.63, 3.8) is 0 Å². The second kappa shape index (κ2) is 4.67. The predicted octanol–water partition coefficient (Wildman–Crippen LogP) is 2.44. The maximum absolute atomic E-state index is 10.6. The lowest BCUT2D eigenvalue weighted by atomic mass is 9.69. The fourth-order valence-electron chi connectivity index (χ4n) is 2.82. The van der Waals surface area contributed by atoms with Gasteiger partial charge in [0.15, 0.2) is 0 Å². The van der Waals surface area contributed by atoms with Crippen LogP contribution < -0.4 is 0 Å². The van der Waals surface area contributed by atoms with Gasteiger partial charge in [-0.1, -0.05) is 13.8 Å². The third-order valence-corrected chi connectivity index (χ3v) is 4.46. The fourth-order valence-corrected chi connectivity index (χ4v) is 2.82. The summed E-state index contributed by atoms with van der Waals surface area (Å²) in [5.74, 6) is 0.691. The molecule has 0 amide bonds. The first kappa shape index (κ1) is 13.6. The maximum atomic E-state index is 10.6. The molecule has 1 fully saturated rings. The molecule has 1 N–H and O–H groups in total. The minimum atomic E-state index is -0.654. The van der Waals surface area contributed by atoms with E-state index in [1.165, 1.54) is 0 Å². The highest BCUT2D eigenvalue weighted by Crippen LogP contribution is 2.46. The van der Waals surface area contributed by atoms with E-state index in [2.05, 4.69) is 18.8 Å². The zero-order valence-corrected chi connectivity index (χ0v) is 11.8. The number of aliphatic hydroxyl groups excluding tert-OH is 1. The van der Waals surface area contributed by atoms with E-state index >= 15 is 0 Å². The number of aliphatic hydroxyl groups is 1. The van der Waals surface area contributed by atoms with Crippen molar-refractivity contribution >= 4 is 0 Å². The van der Waals surface area contributed by atoms with E-state index in [9.17, 15) is 5.11 Å². The maximum Gasteiger partial charge on any atom is 0.141 e. The SMILES string of the molecule is COC1(C(O)c2nccn2C)CCC(C)(C)CC1. The first-order valence-electron chi connectivity index (χ1n) is 6.61. The Balaban J connectivity index is 2.21. The van der Waals surface area contributed by atoms with Gasteiger partial charge < -0.3 is 14.4 Å². The van der Waals surface area contributed by atoms with Gasteiger partial charge in [-0.2, -0.15) is 0 Å². The van der Waals surface area contributed by atoms with Gasteiger partial charge in [0.25, 0.3) is 0 Å². The Kier molecular flexibility index (Phi) is 3.52. The van der Waals surface area contributed by atoms with Crippen LogP contribution in [0.2, 0.25) is 0 Å². The van der Waals surface area contributed by atoms with Gasteiger partial charge >= 0.3 is 0 Å². The minimum absolute atomic E-state index is 0.351. The number of imidazole rings is 1. The Morgan fingerprint density at radius 3 is 2.39 bits per heavy atom. The molecular weight excluding hydrogens is 228 g/mol. The van der Waals surface area contributed by atoms with Crippen molar-refractivity contribution in [3.8, 4) is 0 Å². The van der Waals surface area contributed by atoms with Crippen molar-refractivity contribution in [1.29, 1.82) is 0 Å². The lowest BCUT2D eigenvalue weighted by Crippen LogP contribution is -2.44. The molecule has 4 nitrogen and oxygen atoms in total. The molecule has 1 unspecified atom stereocenters. The average molecular weight is 252 g/mol. The molecule has 102 valence electrons. The zero-order valence-electron chi connectivity index (χ0n) is 11.8. The lowest BCUT2D eigenvalue weighted by molar-refractivity contribution is -0.141. The quantitative estimate of drug-likeness (QED) is 0.898. The van der Waals surface area contributed by atoms with Gasteiger partial charge in [0.05, 0.1) is 0 Å². The molecule has 1 aromatic heterocycles. The van der Waals surface area contributed by atoms with E-state index in [1.54, 1.807) is 13.3 Å². The predicted molar refractivity (Wildman–Crippen MR) is 70.2 cm³/mol. The third kappa shape index (κ3) is 2.31. The highest BCUT2D eigenvalue weighted by atomic mass is 16.5. The molecule has 1 saturated carbocycles. The average Bonchev–Trinajstić information content (AvgIpc) is 2.75. The minimum Gasteiger partial charge on any atom is -0.382 e. The summed E-state index contributed by atoms with van der Waals surface area (Å²) < 4.78 is 7.58. The summed E-state index contributed by atoms with van der Waals surface area (Å²) in [5, 5.41) is 10.6. The molecule has 1 aromatic rings. The van der Waals surface area contributed by atoms with E-state index in [1.807, 2.05) is 17.8 Å². The molecule has 0 radical (unpaired) electrons. The Hall–Kier alpha value is -0.870. The standard InChI is InChI=1S/C14H24N2O2/c1-13(2)5-7-14(18-4,8-6-13)11(17)12-15-9-10-16(12)3/h9-11,17H,5-8H2,1-4H3. The van der Waals surface area contributed by atoms with Crippen LogP contribution in [0.25, 0.3) is 0 Å². The van der Waals surface area contributed by atoms with Crippen molar-refractivity contribution in [2.24, 2.45) is 12.5 Å². The highest BCUT2D eigenvalue weighted by Gasteiger charge is 2.45. The second-order valence-corrected chi connectivity index (χ2v) is 6.23.